The third kappa shape index (κ3) is 4.18. The maximum atomic E-state index is 12.3. The van der Waals surface area contributed by atoms with Gasteiger partial charge in [-0.1, -0.05) is 30.3 Å². The van der Waals surface area contributed by atoms with Crippen molar-refractivity contribution in [1.82, 2.24) is 5.32 Å². The van der Waals surface area contributed by atoms with Gasteiger partial charge in [-0.15, -0.1) is 0 Å². The second-order valence-corrected chi connectivity index (χ2v) is 6.28. The van der Waals surface area contributed by atoms with Crippen molar-refractivity contribution in [2.75, 3.05) is 0 Å². The quantitative estimate of drug-likeness (QED) is 0.851. The molecule has 0 aromatic heterocycles. The highest BCUT2D eigenvalue weighted by molar-refractivity contribution is 5.95. The van der Waals surface area contributed by atoms with Crippen molar-refractivity contribution in [3.63, 3.8) is 0 Å². The standard InChI is InChI=1S/C20H21NO4/c1-13(2)24-16-9-7-14(8-10-16)12-21-19(22)18-11-15-5-3-4-6-17(15)20(23)25-18/h3-10,13,18H,11-12H2,1-2H3,(H,21,22). The van der Waals surface area contributed by atoms with Crippen molar-refractivity contribution in [1.29, 1.82) is 0 Å². The minimum atomic E-state index is -0.786. The Balaban J connectivity index is 1.57. The molecule has 1 heterocycles. The van der Waals surface area contributed by atoms with Crippen LogP contribution >= 0.6 is 0 Å². The maximum Gasteiger partial charge on any atom is 0.339 e. The molecule has 0 radical (unpaired) electrons. The summed E-state index contributed by atoms with van der Waals surface area (Å²) in [6.45, 7) is 4.31. The first-order chi connectivity index (χ1) is 12.0. The van der Waals surface area contributed by atoms with E-state index in [1.807, 2.05) is 50.2 Å². The Morgan fingerprint density at radius 3 is 2.64 bits per heavy atom. The van der Waals surface area contributed by atoms with Gasteiger partial charge in [0.1, 0.15) is 5.75 Å². The molecule has 1 N–H and O–H groups in total. The third-order valence-corrected chi connectivity index (χ3v) is 3.95. The summed E-state index contributed by atoms with van der Waals surface area (Å²) in [5.74, 6) is 0.0606. The van der Waals surface area contributed by atoms with E-state index in [4.69, 9.17) is 9.47 Å². The molecule has 2 aromatic rings. The summed E-state index contributed by atoms with van der Waals surface area (Å²) >= 11 is 0. The summed E-state index contributed by atoms with van der Waals surface area (Å²) in [6.07, 6.45) is -0.269. The average Bonchev–Trinajstić information content (AvgIpc) is 2.60. The van der Waals surface area contributed by atoms with Crippen molar-refractivity contribution in [2.45, 2.75) is 39.0 Å². The van der Waals surface area contributed by atoms with E-state index in [-0.39, 0.29) is 12.0 Å². The van der Waals surface area contributed by atoms with E-state index < -0.39 is 12.1 Å². The smallest absolute Gasteiger partial charge is 0.339 e. The van der Waals surface area contributed by atoms with Crippen LogP contribution in [0.2, 0.25) is 0 Å². The highest BCUT2D eigenvalue weighted by atomic mass is 16.5. The Morgan fingerprint density at radius 1 is 1.20 bits per heavy atom. The zero-order valence-electron chi connectivity index (χ0n) is 14.3. The van der Waals surface area contributed by atoms with E-state index >= 15 is 0 Å². The Hall–Kier alpha value is -2.82. The topological polar surface area (TPSA) is 64.6 Å². The minimum Gasteiger partial charge on any atom is -0.491 e. The molecular weight excluding hydrogens is 318 g/mol. The number of rotatable bonds is 5. The summed E-state index contributed by atoms with van der Waals surface area (Å²) in [6, 6.07) is 14.8. The van der Waals surface area contributed by atoms with Crippen LogP contribution in [-0.2, 0) is 22.5 Å². The van der Waals surface area contributed by atoms with Gasteiger partial charge in [-0.3, -0.25) is 4.79 Å². The van der Waals surface area contributed by atoms with Gasteiger partial charge in [-0.25, -0.2) is 4.79 Å². The van der Waals surface area contributed by atoms with Crippen molar-refractivity contribution in [2.24, 2.45) is 0 Å². The van der Waals surface area contributed by atoms with Gasteiger partial charge in [0.05, 0.1) is 11.7 Å². The van der Waals surface area contributed by atoms with Gasteiger partial charge in [-0.2, -0.15) is 0 Å². The van der Waals surface area contributed by atoms with E-state index in [2.05, 4.69) is 5.32 Å². The zero-order valence-corrected chi connectivity index (χ0v) is 14.3. The SMILES string of the molecule is CC(C)Oc1ccc(CNC(=O)C2Cc3ccccc3C(=O)O2)cc1. The highest BCUT2D eigenvalue weighted by Crippen LogP contribution is 2.20. The molecule has 1 amide bonds. The van der Waals surface area contributed by atoms with Gasteiger partial charge in [0.25, 0.3) is 5.91 Å². The molecule has 5 nitrogen and oxygen atoms in total. The summed E-state index contributed by atoms with van der Waals surface area (Å²) in [7, 11) is 0. The monoisotopic (exact) mass is 339 g/mol. The van der Waals surface area contributed by atoms with Crippen molar-refractivity contribution >= 4 is 11.9 Å². The van der Waals surface area contributed by atoms with E-state index in [0.717, 1.165) is 16.9 Å². The first-order valence-corrected chi connectivity index (χ1v) is 8.35. The molecule has 3 rings (SSSR count). The summed E-state index contributed by atoms with van der Waals surface area (Å²) in [5, 5.41) is 2.82. The Bertz CT molecular complexity index is 768. The Kier molecular flexibility index (Phi) is 5.03. The van der Waals surface area contributed by atoms with Gasteiger partial charge >= 0.3 is 5.97 Å². The Morgan fingerprint density at radius 2 is 1.92 bits per heavy atom. The number of amides is 1. The second kappa shape index (κ2) is 7.38. The average molecular weight is 339 g/mol. The lowest BCUT2D eigenvalue weighted by atomic mass is 9.98. The first kappa shape index (κ1) is 17.0. The molecule has 25 heavy (non-hydrogen) atoms. The van der Waals surface area contributed by atoms with Gasteiger partial charge in [-0.05, 0) is 43.2 Å². The fourth-order valence-corrected chi connectivity index (χ4v) is 2.74. The lowest BCUT2D eigenvalue weighted by molar-refractivity contribution is -0.130. The third-order valence-electron chi connectivity index (χ3n) is 3.95. The van der Waals surface area contributed by atoms with E-state index in [1.54, 1.807) is 12.1 Å². The van der Waals surface area contributed by atoms with Crippen molar-refractivity contribution in [3.05, 3.63) is 65.2 Å². The van der Waals surface area contributed by atoms with Crippen LogP contribution in [0.25, 0.3) is 0 Å². The Labute approximate surface area is 147 Å². The molecule has 0 spiro atoms. The van der Waals surface area contributed by atoms with E-state index in [1.165, 1.54) is 0 Å². The number of esters is 1. The maximum absolute atomic E-state index is 12.3. The van der Waals surface area contributed by atoms with Gasteiger partial charge in [0.2, 0.25) is 0 Å². The zero-order chi connectivity index (χ0) is 17.8. The lowest BCUT2D eigenvalue weighted by Crippen LogP contribution is -2.41. The molecule has 1 aliphatic heterocycles. The van der Waals surface area contributed by atoms with Crippen LogP contribution < -0.4 is 10.1 Å². The highest BCUT2D eigenvalue weighted by Gasteiger charge is 2.30. The molecule has 0 aliphatic carbocycles. The molecule has 0 saturated heterocycles. The van der Waals surface area contributed by atoms with Crippen LogP contribution in [0.1, 0.15) is 35.3 Å². The van der Waals surface area contributed by atoms with Gasteiger partial charge < -0.3 is 14.8 Å². The molecule has 1 aliphatic rings. The number of hydrogen-bond acceptors (Lipinski definition) is 4. The molecule has 1 unspecified atom stereocenters. The summed E-state index contributed by atoms with van der Waals surface area (Å²) < 4.78 is 10.8. The number of benzene rings is 2. The van der Waals surface area contributed by atoms with E-state index in [0.29, 0.717) is 18.5 Å². The number of carbonyl (C=O) groups excluding carboxylic acids is 2. The minimum absolute atomic E-state index is 0.120. The fraction of sp³-hybridized carbons (Fsp3) is 0.300. The normalized spacial score (nSPS) is 16.1. The summed E-state index contributed by atoms with van der Waals surface area (Å²) in [4.78, 5) is 24.3. The van der Waals surface area contributed by atoms with Crippen LogP contribution in [0.4, 0.5) is 0 Å². The second-order valence-electron chi connectivity index (χ2n) is 6.28. The molecular formula is C20H21NO4. The number of ether oxygens (including phenoxy) is 2. The predicted octanol–water partition coefficient (Wildman–Crippen LogP) is 2.87. The molecule has 0 saturated carbocycles. The number of hydrogen-bond donors (Lipinski definition) is 1. The molecule has 130 valence electrons. The van der Waals surface area contributed by atoms with Crippen LogP contribution in [0, 0.1) is 0 Å². The molecule has 2 aromatic carbocycles. The number of carbonyl (C=O) groups is 2. The van der Waals surface area contributed by atoms with Crippen LogP contribution in [0.3, 0.4) is 0 Å². The van der Waals surface area contributed by atoms with E-state index in [9.17, 15) is 9.59 Å². The van der Waals surface area contributed by atoms with Gasteiger partial charge in [0, 0.05) is 13.0 Å². The first-order valence-electron chi connectivity index (χ1n) is 8.35. The van der Waals surface area contributed by atoms with Gasteiger partial charge in [0.15, 0.2) is 6.10 Å². The number of cyclic esters (lactones) is 1. The molecule has 0 fully saturated rings. The predicted molar refractivity (Wildman–Crippen MR) is 93.4 cm³/mol. The van der Waals surface area contributed by atoms with Crippen molar-refractivity contribution in [3.8, 4) is 5.75 Å². The number of nitrogens with one attached hydrogen (secondary N) is 1. The molecule has 1 atom stereocenters. The fourth-order valence-electron chi connectivity index (χ4n) is 2.74. The van der Waals surface area contributed by atoms with Crippen LogP contribution in [-0.4, -0.2) is 24.1 Å². The molecule has 5 heteroatoms. The number of fused-ring (bicyclic) bond motifs is 1. The van der Waals surface area contributed by atoms with Crippen LogP contribution in [0.5, 0.6) is 5.75 Å². The van der Waals surface area contributed by atoms with Crippen molar-refractivity contribution < 1.29 is 19.1 Å². The summed E-state index contributed by atoms with van der Waals surface area (Å²) in [5.41, 5.74) is 2.33. The van der Waals surface area contributed by atoms with Crippen LogP contribution in [0.15, 0.2) is 48.5 Å². The molecule has 0 bridgehead atoms. The largest absolute Gasteiger partial charge is 0.491 e. The lowest BCUT2D eigenvalue weighted by Gasteiger charge is -2.23.